The maximum atomic E-state index is 13.5. The third-order valence-corrected chi connectivity index (χ3v) is 2.35. The van der Waals surface area contributed by atoms with E-state index in [4.69, 9.17) is 15.6 Å². The van der Waals surface area contributed by atoms with Gasteiger partial charge in [0, 0.05) is 18.2 Å². The van der Waals surface area contributed by atoms with Crippen LogP contribution in [-0.4, -0.2) is 18.8 Å². The minimum Gasteiger partial charge on any atom is -0.496 e. The molecule has 0 radical (unpaired) electrons. The van der Waals surface area contributed by atoms with Gasteiger partial charge in [-0.15, -0.1) is 0 Å². The van der Waals surface area contributed by atoms with Crippen molar-refractivity contribution < 1.29 is 14.2 Å². The van der Waals surface area contributed by atoms with E-state index in [0.29, 0.717) is 17.7 Å². The molecule has 3 N–H and O–H groups in total. The fourth-order valence-electron chi connectivity index (χ4n) is 1.58. The van der Waals surface area contributed by atoms with Gasteiger partial charge in [0.2, 0.25) is 0 Å². The first-order chi connectivity index (χ1) is 7.11. The zero-order valence-corrected chi connectivity index (χ0v) is 8.96. The van der Waals surface area contributed by atoms with E-state index in [2.05, 4.69) is 0 Å². The molecule has 0 spiro atoms. The monoisotopic (exact) mass is 213 g/mol. The number of halogens is 1. The van der Waals surface area contributed by atoms with Crippen LogP contribution < -0.4 is 10.5 Å². The summed E-state index contributed by atoms with van der Waals surface area (Å²) in [4.78, 5) is 0. The van der Waals surface area contributed by atoms with Crippen molar-refractivity contribution in [3.05, 3.63) is 29.1 Å². The Hall–Kier alpha value is -1.13. The third-order valence-electron chi connectivity index (χ3n) is 2.35. The number of aliphatic hydroxyl groups is 1. The van der Waals surface area contributed by atoms with Gasteiger partial charge in [0.15, 0.2) is 0 Å². The van der Waals surface area contributed by atoms with Crippen LogP contribution in [0.3, 0.4) is 0 Å². The molecule has 15 heavy (non-hydrogen) atoms. The number of ether oxygens (including phenoxy) is 1. The zero-order valence-electron chi connectivity index (χ0n) is 8.96. The second-order valence-corrected chi connectivity index (χ2v) is 3.43. The van der Waals surface area contributed by atoms with Gasteiger partial charge in [-0.1, -0.05) is 6.07 Å². The summed E-state index contributed by atoms with van der Waals surface area (Å²) in [5.41, 5.74) is 6.95. The highest BCUT2D eigenvalue weighted by atomic mass is 19.1. The first-order valence-electron chi connectivity index (χ1n) is 4.81. The highest BCUT2D eigenvalue weighted by Crippen LogP contribution is 2.31. The standard InChI is InChI=1S/C11H16FNO2/c1-7-3-4-8(12)10(11(7)15-2)9(13)5-6-14/h3-4,9,14H,5-6,13H2,1-2H3. The van der Waals surface area contributed by atoms with Crippen molar-refractivity contribution in [3.63, 3.8) is 0 Å². The average molecular weight is 213 g/mol. The van der Waals surface area contributed by atoms with Gasteiger partial charge in [0.1, 0.15) is 11.6 Å². The number of nitrogens with two attached hydrogens (primary N) is 1. The molecule has 0 amide bonds. The number of methoxy groups -OCH3 is 1. The molecule has 0 saturated carbocycles. The Morgan fingerprint density at radius 3 is 2.73 bits per heavy atom. The van der Waals surface area contributed by atoms with Crippen molar-refractivity contribution >= 4 is 0 Å². The maximum Gasteiger partial charge on any atom is 0.131 e. The van der Waals surface area contributed by atoms with Crippen LogP contribution in [0, 0.1) is 12.7 Å². The molecule has 3 nitrogen and oxygen atoms in total. The Morgan fingerprint density at radius 1 is 1.53 bits per heavy atom. The van der Waals surface area contributed by atoms with Gasteiger partial charge in [-0.3, -0.25) is 0 Å². The van der Waals surface area contributed by atoms with Gasteiger partial charge in [0.05, 0.1) is 7.11 Å². The minimum atomic E-state index is -0.537. The highest BCUT2D eigenvalue weighted by Gasteiger charge is 2.18. The van der Waals surface area contributed by atoms with Crippen LogP contribution in [0.15, 0.2) is 12.1 Å². The SMILES string of the molecule is COc1c(C)ccc(F)c1C(N)CCO. The highest BCUT2D eigenvalue weighted by molar-refractivity contribution is 5.43. The number of hydrogen-bond acceptors (Lipinski definition) is 3. The van der Waals surface area contributed by atoms with E-state index in [1.807, 2.05) is 6.92 Å². The first kappa shape index (κ1) is 11.9. The summed E-state index contributed by atoms with van der Waals surface area (Å²) in [6, 6.07) is 2.47. The molecular weight excluding hydrogens is 197 g/mol. The molecule has 1 unspecified atom stereocenters. The van der Waals surface area contributed by atoms with E-state index >= 15 is 0 Å². The van der Waals surface area contributed by atoms with Crippen LogP contribution in [0.1, 0.15) is 23.6 Å². The largest absolute Gasteiger partial charge is 0.496 e. The van der Waals surface area contributed by atoms with Gasteiger partial charge in [0.25, 0.3) is 0 Å². The Kier molecular flexibility index (Phi) is 4.05. The molecule has 1 rings (SSSR count). The Bertz CT molecular complexity index is 342. The molecule has 0 aliphatic rings. The van der Waals surface area contributed by atoms with Crippen molar-refractivity contribution in [2.45, 2.75) is 19.4 Å². The number of hydrogen-bond donors (Lipinski definition) is 2. The van der Waals surface area contributed by atoms with Gasteiger partial charge in [-0.2, -0.15) is 0 Å². The second-order valence-electron chi connectivity index (χ2n) is 3.43. The van der Waals surface area contributed by atoms with E-state index in [1.54, 1.807) is 6.07 Å². The predicted molar refractivity (Wildman–Crippen MR) is 56.3 cm³/mol. The zero-order chi connectivity index (χ0) is 11.4. The summed E-state index contributed by atoms with van der Waals surface area (Å²) < 4.78 is 18.7. The molecule has 0 aliphatic carbocycles. The lowest BCUT2D eigenvalue weighted by atomic mass is 10.0. The van der Waals surface area contributed by atoms with Crippen molar-refractivity contribution in [1.29, 1.82) is 0 Å². The van der Waals surface area contributed by atoms with Crippen LogP contribution in [0.5, 0.6) is 5.75 Å². The predicted octanol–water partition coefficient (Wildman–Crippen LogP) is 1.52. The first-order valence-corrected chi connectivity index (χ1v) is 4.81. The summed E-state index contributed by atoms with van der Waals surface area (Å²) in [6.45, 7) is 1.76. The van der Waals surface area contributed by atoms with Crippen LogP contribution in [0.25, 0.3) is 0 Å². The van der Waals surface area contributed by atoms with Crippen molar-refractivity contribution in [2.24, 2.45) is 5.73 Å². The van der Waals surface area contributed by atoms with Crippen LogP contribution in [0.2, 0.25) is 0 Å². The minimum absolute atomic E-state index is 0.0717. The molecule has 0 heterocycles. The van der Waals surface area contributed by atoms with E-state index in [1.165, 1.54) is 13.2 Å². The van der Waals surface area contributed by atoms with E-state index in [9.17, 15) is 4.39 Å². The van der Waals surface area contributed by atoms with Gasteiger partial charge >= 0.3 is 0 Å². The molecule has 0 bridgehead atoms. The lowest BCUT2D eigenvalue weighted by Gasteiger charge is -2.17. The number of aliphatic hydroxyl groups excluding tert-OH is 1. The Labute approximate surface area is 88.7 Å². The number of rotatable bonds is 4. The Morgan fingerprint density at radius 2 is 2.20 bits per heavy atom. The van der Waals surface area contributed by atoms with Crippen molar-refractivity contribution in [3.8, 4) is 5.75 Å². The molecule has 1 aromatic carbocycles. The van der Waals surface area contributed by atoms with Crippen LogP contribution in [0.4, 0.5) is 4.39 Å². The summed E-state index contributed by atoms with van der Waals surface area (Å²) in [7, 11) is 1.48. The average Bonchev–Trinajstić information content (AvgIpc) is 2.21. The lowest BCUT2D eigenvalue weighted by Crippen LogP contribution is -2.15. The smallest absolute Gasteiger partial charge is 0.131 e. The fraction of sp³-hybridized carbons (Fsp3) is 0.455. The number of aryl methyl sites for hydroxylation is 1. The molecule has 0 fully saturated rings. The van der Waals surface area contributed by atoms with Gasteiger partial charge < -0.3 is 15.6 Å². The Balaban J connectivity index is 3.18. The van der Waals surface area contributed by atoms with Gasteiger partial charge in [-0.05, 0) is 25.0 Å². The molecule has 1 atom stereocenters. The van der Waals surface area contributed by atoms with Gasteiger partial charge in [-0.25, -0.2) is 4.39 Å². The normalized spacial score (nSPS) is 12.6. The second kappa shape index (κ2) is 5.09. The molecule has 0 aliphatic heterocycles. The molecule has 0 saturated heterocycles. The molecule has 0 aromatic heterocycles. The lowest BCUT2D eigenvalue weighted by molar-refractivity contribution is 0.273. The topological polar surface area (TPSA) is 55.5 Å². The molecule has 4 heteroatoms. The van der Waals surface area contributed by atoms with E-state index in [-0.39, 0.29) is 6.61 Å². The number of benzene rings is 1. The third kappa shape index (κ3) is 2.46. The van der Waals surface area contributed by atoms with Crippen molar-refractivity contribution in [2.75, 3.05) is 13.7 Å². The fourth-order valence-corrected chi connectivity index (χ4v) is 1.58. The van der Waals surface area contributed by atoms with E-state index in [0.717, 1.165) is 5.56 Å². The summed E-state index contributed by atoms with van der Waals surface area (Å²) in [5.74, 6) is 0.0781. The molecular formula is C11H16FNO2. The molecule has 84 valence electrons. The summed E-state index contributed by atoms with van der Waals surface area (Å²) in [5, 5.41) is 8.78. The maximum absolute atomic E-state index is 13.5. The summed E-state index contributed by atoms with van der Waals surface area (Å²) in [6.07, 6.45) is 0.316. The van der Waals surface area contributed by atoms with Crippen molar-refractivity contribution in [1.82, 2.24) is 0 Å². The van der Waals surface area contributed by atoms with Crippen LogP contribution in [-0.2, 0) is 0 Å². The molecule has 1 aromatic rings. The quantitative estimate of drug-likeness (QED) is 0.797. The summed E-state index contributed by atoms with van der Waals surface area (Å²) >= 11 is 0. The van der Waals surface area contributed by atoms with Crippen LogP contribution >= 0.6 is 0 Å². The van der Waals surface area contributed by atoms with E-state index < -0.39 is 11.9 Å².